The van der Waals surface area contributed by atoms with Crippen LogP contribution in [-0.4, -0.2) is 40.8 Å². The standard InChI is InChI=1S/C21H22N4O2S/c1-12-6-7-15(13(2)10-12)18-11-28-21(23-18)24-19(26)16-8-9-17(22-14(16)3)20(27)25(4)5/h6-11H,1-5H3,(H,23,24,26). The number of aromatic nitrogens is 2. The van der Waals surface area contributed by atoms with Crippen molar-refractivity contribution in [1.29, 1.82) is 0 Å². The highest BCUT2D eigenvalue weighted by Gasteiger charge is 2.16. The number of aryl methyl sites for hydroxylation is 3. The van der Waals surface area contributed by atoms with E-state index in [-0.39, 0.29) is 11.8 Å². The summed E-state index contributed by atoms with van der Waals surface area (Å²) in [6.45, 7) is 5.81. The number of anilines is 1. The van der Waals surface area contributed by atoms with Gasteiger partial charge in [-0.2, -0.15) is 0 Å². The highest BCUT2D eigenvalue weighted by molar-refractivity contribution is 7.14. The van der Waals surface area contributed by atoms with Gasteiger partial charge in [-0.3, -0.25) is 14.9 Å². The summed E-state index contributed by atoms with van der Waals surface area (Å²) in [5.74, 6) is -0.497. The molecule has 0 unspecified atom stereocenters. The molecule has 0 saturated carbocycles. The molecule has 2 amide bonds. The monoisotopic (exact) mass is 394 g/mol. The number of carbonyl (C=O) groups is 2. The van der Waals surface area contributed by atoms with Crippen LogP contribution in [0.3, 0.4) is 0 Å². The number of hydrogen-bond acceptors (Lipinski definition) is 5. The Morgan fingerprint density at radius 3 is 2.43 bits per heavy atom. The summed E-state index contributed by atoms with van der Waals surface area (Å²) in [6.07, 6.45) is 0. The summed E-state index contributed by atoms with van der Waals surface area (Å²) in [7, 11) is 3.32. The van der Waals surface area contributed by atoms with E-state index in [0.29, 0.717) is 22.1 Å². The van der Waals surface area contributed by atoms with Crippen LogP contribution in [-0.2, 0) is 0 Å². The Morgan fingerprint density at radius 2 is 1.79 bits per heavy atom. The fourth-order valence-electron chi connectivity index (χ4n) is 2.87. The molecular formula is C21H22N4O2S. The first-order valence-electron chi connectivity index (χ1n) is 8.80. The maximum Gasteiger partial charge on any atom is 0.271 e. The molecule has 0 atom stereocenters. The van der Waals surface area contributed by atoms with Gasteiger partial charge in [0.25, 0.3) is 11.8 Å². The second-order valence-corrected chi connectivity index (χ2v) is 7.70. The summed E-state index contributed by atoms with van der Waals surface area (Å²) in [5.41, 5.74) is 5.44. The van der Waals surface area contributed by atoms with Crippen molar-refractivity contribution in [3.05, 3.63) is 63.8 Å². The molecule has 7 heteroatoms. The first kappa shape index (κ1) is 19.7. The molecule has 28 heavy (non-hydrogen) atoms. The molecule has 0 fully saturated rings. The molecule has 2 aromatic heterocycles. The molecule has 0 spiro atoms. The number of nitrogens with zero attached hydrogens (tertiary/aromatic N) is 3. The third-order valence-corrected chi connectivity index (χ3v) is 5.10. The first-order chi connectivity index (χ1) is 13.3. The maximum absolute atomic E-state index is 12.6. The Balaban J connectivity index is 1.79. The van der Waals surface area contributed by atoms with Gasteiger partial charge in [0.1, 0.15) is 5.69 Å². The molecular weight excluding hydrogens is 372 g/mol. The Bertz CT molecular complexity index is 1060. The predicted octanol–water partition coefficient (Wildman–Crippen LogP) is 4.08. The molecule has 3 rings (SSSR count). The number of pyridine rings is 1. The molecule has 0 aliphatic heterocycles. The van der Waals surface area contributed by atoms with Crippen LogP contribution in [0.2, 0.25) is 0 Å². The fraction of sp³-hybridized carbons (Fsp3) is 0.238. The van der Waals surface area contributed by atoms with Crippen molar-refractivity contribution >= 4 is 28.3 Å². The normalized spacial score (nSPS) is 10.6. The zero-order valence-corrected chi connectivity index (χ0v) is 17.3. The van der Waals surface area contributed by atoms with E-state index in [9.17, 15) is 9.59 Å². The van der Waals surface area contributed by atoms with Crippen LogP contribution in [0.1, 0.15) is 37.7 Å². The van der Waals surface area contributed by atoms with Gasteiger partial charge in [-0.05, 0) is 38.5 Å². The molecule has 0 radical (unpaired) electrons. The number of thiazole rings is 1. The first-order valence-corrected chi connectivity index (χ1v) is 9.68. The van der Waals surface area contributed by atoms with Gasteiger partial charge in [0.2, 0.25) is 0 Å². The molecule has 0 aliphatic rings. The highest BCUT2D eigenvalue weighted by atomic mass is 32.1. The minimum absolute atomic E-state index is 0.201. The van der Waals surface area contributed by atoms with Crippen LogP contribution in [0.25, 0.3) is 11.3 Å². The summed E-state index contributed by atoms with van der Waals surface area (Å²) in [6, 6.07) is 9.38. The van der Waals surface area contributed by atoms with Gasteiger partial charge in [-0.25, -0.2) is 9.97 Å². The fourth-order valence-corrected chi connectivity index (χ4v) is 3.58. The van der Waals surface area contributed by atoms with Gasteiger partial charge in [0, 0.05) is 25.0 Å². The number of amides is 2. The van der Waals surface area contributed by atoms with Crippen LogP contribution in [0.5, 0.6) is 0 Å². The molecule has 0 bridgehead atoms. The van der Waals surface area contributed by atoms with Crippen LogP contribution in [0.15, 0.2) is 35.7 Å². The van der Waals surface area contributed by atoms with E-state index < -0.39 is 0 Å². The lowest BCUT2D eigenvalue weighted by Crippen LogP contribution is -2.23. The van der Waals surface area contributed by atoms with Gasteiger partial charge in [0.15, 0.2) is 5.13 Å². The van der Waals surface area contributed by atoms with E-state index >= 15 is 0 Å². The minimum atomic E-state index is -0.296. The van der Waals surface area contributed by atoms with E-state index in [0.717, 1.165) is 16.8 Å². The summed E-state index contributed by atoms with van der Waals surface area (Å²) in [5, 5.41) is 5.27. The smallest absolute Gasteiger partial charge is 0.271 e. The largest absolute Gasteiger partial charge is 0.343 e. The summed E-state index contributed by atoms with van der Waals surface area (Å²) < 4.78 is 0. The summed E-state index contributed by atoms with van der Waals surface area (Å²) >= 11 is 1.37. The zero-order valence-electron chi connectivity index (χ0n) is 16.5. The molecule has 0 saturated heterocycles. The van der Waals surface area contributed by atoms with Crippen molar-refractivity contribution < 1.29 is 9.59 Å². The van der Waals surface area contributed by atoms with Gasteiger partial charge in [0.05, 0.1) is 17.0 Å². The van der Waals surface area contributed by atoms with Crippen molar-refractivity contribution in [2.75, 3.05) is 19.4 Å². The second-order valence-electron chi connectivity index (χ2n) is 6.84. The van der Waals surface area contributed by atoms with Crippen molar-refractivity contribution in [3.8, 4) is 11.3 Å². The minimum Gasteiger partial charge on any atom is -0.343 e. The van der Waals surface area contributed by atoms with E-state index in [1.54, 1.807) is 33.2 Å². The molecule has 1 aromatic carbocycles. The lowest BCUT2D eigenvalue weighted by Gasteiger charge is -2.11. The lowest BCUT2D eigenvalue weighted by molar-refractivity contribution is 0.0821. The molecule has 2 heterocycles. The van der Waals surface area contributed by atoms with Crippen LogP contribution in [0, 0.1) is 20.8 Å². The highest BCUT2D eigenvalue weighted by Crippen LogP contribution is 2.28. The third kappa shape index (κ3) is 4.09. The topological polar surface area (TPSA) is 75.2 Å². The number of benzene rings is 1. The molecule has 1 N–H and O–H groups in total. The van der Waals surface area contributed by atoms with E-state index in [1.807, 2.05) is 24.4 Å². The van der Waals surface area contributed by atoms with E-state index in [4.69, 9.17) is 0 Å². The van der Waals surface area contributed by atoms with Crippen LogP contribution in [0.4, 0.5) is 5.13 Å². The molecule has 6 nitrogen and oxygen atoms in total. The maximum atomic E-state index is 12.6. The Kier molecular flexibility index (Phi) is 5.56. The van der Waals surface area contributed by atoms with Crippen molar-refractivity contribution in [3.63, 3.8) is 0 Å². The Hall–Kier alpha value is -3.06. The predicted molar refractivity (Wildman–Crippen MR) is 112 cm³/mol. The van der Waals surface area contributed by atoms with Gasteiger partial charge in [-0.15, -0.1) is 11.3 Å². The Morgan fingerprint density at radius 1 is 1.04 bits per heavy atom. The molecule has 3 aromatic rings. The van der Waals surface area contributed by atoms with Crippen molar-refractivity contribution in [2.45, 2.75) is 20.8 Å². The van der Waals surface area contributed by atoms with Crippen molar-refractivity contribution in [2.24, 2.45) is 0 Å². The molecule has 144 valence electrons. The third-order valence-electron chi connectivity index (χ3n) is 4.34. The van der Waals surface area contributed by atoms with E-state index in [2.05, 4.69) is 28.3 Å². The number of nitrogens with one attached hydrogen (secondary N) is 1. The number of rotatable bonds is 4. The number of hydrogen-bond donors (Lipinski definition) is 1. The van der Waals surface area contributed by atoms with Gasteiger partial charge < -0.3 is 4.90 Å². The quantitative estimate of drug-likeness (QED) is 0.723. The Labute approximate surface area is 168 Å². The lowest BCUT2D eigenvalue weighted by atomic mass is 10.0. The zero-order chi connectivity index (χ0) is 20.4. The van der Waals surface area contributed by atoms with Gasteiger partial charge >= 0.3 is 0 Å². The van der Waals surface area contributed by atoms with Crippen LogP contribution >= 0.6 is 11.3 Å². The number of carbonyl (C=O) groups excluding carboxylic acids is 2. The summed E-state index contributed by atoms with van der Waals surface area (Å²) in [4.78, 5) is 34.9. The SMILES string of the molecule is Cc1ccc(-c2csc(NC(=O)c3ccc(C(=O)N(C)C)nc3C)n2)c(C)c1. The van der Waals surface area contributed by atoms with Crippen LogP contribution < -0.4 is 5.32 Å². The van der Waals surface area contributed by atoms with E-state index in [1.165, 1.54) is 21.8 Å². The average molecular weight is 395 g/mol. The molecule has 0 aliphatic carbocycles. The van der Waals surface area contributed by atoms with Gasteiger partial charge in [-0.1, -0.05) is 23.8 Å². The second kappa shape index (κ2) is 7.90. The average Bonchev–Trinajstić information content (AvgIpc) is 3.08. The van der Waals surface area contributed by atoms with Crippen molar-refractivity contribution in [1.82, 2.24) is 14.9 Å².